The number of carbonyl (C=O) groups is 3. The number of anilines is 1. The first-order chi connectivity index (χ1) is 15.9. The van der Waals surface area contributed by atoms with Crippen molar-refractivity contribution >= 4 is 50.6 Å². The van der Waals surface area contributed by atoms with Gasteiger partial charge in [0.25, 0.3) is 0 Å². The number of halogens is 1. The van der Waals surface area contributed by atoms with Crippen LogP contribution in [0.2, 0.25) is 0 Å². The van der Waals surface area contributed by atoms with Crippen LogP contribution in [0.4, 0.5) is 5.82 Å². The summed E-state index contributed by atoms with van der Waals surface area (Å²) < 4.78 is 28.5. The smallest absolute Gasteiger partial charge is 0.342 e. The molecular weight excluding hydrogens is 516 g/mol. The number of nitrogens with zero attached hydrogens (tertiary/aromatic N) is 2. The van der Waals surface area contributed by atoms with Gasteiger partial charge in [-0.2, -0.15) is 0 Å². The maximum absolute atomic E-state index is 12.0. The molecule has 0 spiro atoms. The van der Waals surface area contributed by atoms with Crippen molar-refractivity contribution in [2.45, 2.75) is 69.3 Å². The predicted molar refractivity (Wildman–Crippen MR) is 120 cm³/mol. The van der Waals surface area contributed by atoms with E-state index in [2.05, 4.69) is 36.2 Å². The van der Waals surface area contributed by atoms with Crippen molar-refractivity contribution in [2.24, 2.45) is 0 Å². The molecule has 1 unspecified atom stereocenters. The lowest BCUT2D eigenvalue weighted by Crippen LogP contribution is -2.38. The summed E-state index contributed by atoms with van der Waals surface area (Å²) in [7, 11) is 0. The number of rotatable bonds is 6. The van der Waals surface area contributed by atoms with Crippen LogP contribution in [0.5, 0.6) is 0 Å². The summed E-state index contributed by atoms with van der Waals surface area (Å²) in [6, 6.07) is 0. The van der Waals surface area contributed by atoms with Crippen molar-refractivity contribution < 1.29 is 38.1 Å². The van der Waals surface area contributed by atoms with E-state index in [-0.39, 0.29) is 12.5 Å². The largest absolute Gasteiger partial charge is 0.458 e. The van der Waals surface area contributed by atoms with Crippen LogP contribution >= 0.6 is 15.9 Å². The van der Waals surface area contributed by atoms with Gasteiger partial charge in [-0.25, -0.2) is 14.8 Å². The van der Waals surface area contributed by atoms with Gasteiger partial charge in [-0.1, -0.05) is 15.9 Å². The fourth-order valence-electron chi connectivity index (χ4n) is 3.97. The van der Waals surface area contributed by atoms with Crippen molar-refractivity contribution in [1.29, 1.82) is 0 Å². The molecule has 0 saturated carbocycles. The van der Waals surface area contributed by atoms with E-state index >= 15 is 0 Å². The molecule has 2 aliphatic rings. The van der Waals surface area contributed by atoms with E-state index in [1.54, 1.807) is 20.0 Å². The van der Waals surface area contributed by atoms with Crippen LogP contribution in [0.25, 0.3) is 11.0 Å². The minimum absolute atomic E-state index is 0.0292. The van der Waals surface area contributed by atoms with Crippen molar-refractivity contribution in [3.8, 4) is 0 Å². The molecule has 4 heterocycles. The fourth-order valence-corrected chi connectivity index (χ4v) is 4.63. The summed E-state index contributed by atoms with van der Waals surface area (Å²) in [4.78, 5) is 46.4. The second kappa shape index (κ2) is 8.87. The summed E-state index contributed by atoms with van der Waals surface area (Å²) in [6.07, 6.45) is 0.952. The van der Waals surface area contributed by atoms with Crippen LogP contribution in [0, 0.1) is 0 Å². The van der Waals surface area contributed by atoms with Gasteiger partial charge in [0.2, 0.25) is 5.91 Å². The Kier molecular flexibility index (Phi) is 6.40. The van der Waals surface area contributed by atoms with Crippen LogP contribution in [0.3, 0.4) is 0 Å². The minimum atomic E-state index is -1.58. The van der Waals surface area contributed by atoms with Gasteiger partial charge >= 0.3 is 17.9 Å². The molecule has 4 rings (SSSR count). The highest BCUT2D eigenvalue weighted by Crippen LogP contribution is 2.43. The number of amides is 1. The van der Waals surface area contributed by atoms with E-state index < -0.39 is 46.7 Å². The van der Waals surface area contributed by atoms with E-state index in [0.29, 0.717) is 22.4 Å². The zero-order chi connectivity index (χ0) is 24.8. The molecule has 2 aliphatic heterocycles. The van der Waals surface area contributed by atoms with Crippen molar-refractivity contribution in [1.82, 2.24) is 15.0 Å². The standard InChI is InChI=1S/C21H25BrN4O8/c1-9(27)26-18-15-14(24-8-25-18)11(6-23-15)16-17(31-10(2)28)13(22)12(32-16)7-30-21(5)33-19(29)20(3,4)34-21/h6,8,12-13,16-17,23H,7H2,1-5H3,(H,24,25,26,27)/t12-,13+,16+,17-,21?/m1/s1. The van der Waals surface area contributed by atoms with Gasteiger partial charge in [0.05, 0.1) is 23.1 Å². The molecule has 13 heteroatoms. The van der Waals surface area contributed by atoms with Crippen LogP contribution in [0.1, 0.15) is 46.3 Å². The lowest BCUT2D eigenvalue weighted by molar-refractivity contribution is -0.334. The number of aromatic nitrogens is 3. The van der Waals surface area contributed by atoms with Gasteiger partial charge in [-0.15, -0.1) is 0 Å². The Bertz CT molecular complexity index is 1140. The molecule has 0 aliphatic carbocycles. The Morgan fingerprint density at radius 2 is 2.00 bits per heavy atom. The highest BCUT2D eigenvalue weighted by Gasteiger charge is 2.53. The topological polar surface area (TPSA) is 151 Å². The van der Waals surface area contributed by atoms with E-state index in [9.17, 15) is 14.4 Å². The SMILES string of the molecule is CC(=O)Nc1ncnc2c([C@@H]3O[C@H](COC4(C)OC(=O)C(C)(C)O4)[C@H](Br)[C@H]3OC(C)=O)c[nH]c12. The first-order valence-electron chi connectivity index (χ1n) is 10.5. The van der Waals surface area contributed by atoms with Crippen molar-refractivity contribution in [3.05, 3.63) is 18.1 Å². The predicted octanol–water partition coefficient (Wildman–Crippen LogP) is 2.09. The maximum atomic E-state index is 12.0. The number of H-pyrrole nitrogens is 1. The van der Waals surface area contributed by atoms with Crippen molar-refractivity contribution in [3.63, 3.8) is 0 Å². The lowest BCUT2D eigenvalue weighted by atomic mass is 10.0. The lowest BCUT2D eigenvalue weighted by Gasteiger charge is -2.25. The molecule has 2 fully saturated rings. The molecule has 184 valence electrons. The molecule has 1 amide bonds. The number of ether oxygens (including phenoxy) is 5. The zero-order valence-corrected chi connectivity index (χ0v) is 20.8. The molecule has 0 radical (unpaired) electrons. The third kappa shape index (κ3) is 4.65. The zero-order valence-electron chi connectivity index (χ0n) is 19.2. The maximum Gasteiger partial charge on any atom is 0.342 e. The highest BCUT2D eigenvalue weighted by molar-refractivity contribution is 9.09. The van der Waals surface area contributed by atoms with Crippen LogP contribution in [0.15, 0.2) is 12.5 Å². The van der Waals surface area contributed by atoms with Gasteiger partial charge in [-0.05, 0) is 13.8 Å². The first-order valence-corrected chi connectivity index (χ1v) is 11.5. The quantitative estimate of drug-likeness (QED) is 0.411. The molecule has 0 aromatic carbocycles. The van der Waals surface area contributed by atoms with E-state index in [1.165, 1.54) is 27.1 Å². The molecule has 2 N–H and O–H groups in total. The monoisotopic (exact) mass is 540 g/mol. The second-order valence-electron chi connectivity index (χ2n) is 8.66. The fraction of sp³-hybridized carbons (Fsp3) is 0.571. The molecule has 0 bridgehead atoms. The summed E-state index contributed by atoms with van der Waals surface area (Å²) in [5.74, 6) is -2.57. The number of alkyl halides is 1. The van der Waals surface area contributed by atoms with Crippen molar-refractivity contribution in [2.75, 3.05) is 11.9 Å². The van der Waals surface area contributed by atoms with Crippen LogP contribution in [-0.2, 0) is 38.1 Å². The molecule has 2 aromatic heterocycles. The number of hydrogen-bond donors (Lipinski definition) is 2. The summed E-state index contributed by atoms with van der Waals surface area (Å²) in [6.45, 7) is 7.33. The van der Waals surface area contributed by atoms with E-state index in [0.717, 1.165) is 0 Å². The normalized spacial score (nSPS) is 30.4. The molecule has 34 heavy (non-hydrogen) atoms. The number of carbonyl (C=O) groups excluding carboxylic acids is 3. The van der Waals surface area contributed by atoms with Gasteiger partial charge in [0.15, 0.2) is 11.4 Å². The number of esters is 2. The van der Waals surface area contributed by atoms with Crippen LogP contribution < -0.4 is 5.32 Å². The summed E-state index contributed by atoms with van der Waals surface area (Å²) in [5.41, 5.74) is 0.476. The Morgan fingerprint density at radius 1 is 1.26 bits per heavy atom. The molecular formula is C21H25BrN4O8. The second-order valence-corrected chi connectivity index (χ2v) is 9.72. The third-order valence-electron chi connectivity index (χ3n) is 5.40. The first kappa shape index (κ1) is 24.5. The van der Waals surface area contributed by atoms with E-state index in [4.69, 9.17) is 23.7 Å². The van der Waals surface area contributed by atoms with Gasteiger partial charge in [-0.3, -0.25) is 14.3 Å². The van der Waals surface area contributed by atoms with Gasteiger partial charge in [0.1, 0.15) is 24.1 Å². The summed E-state index contributed by atoms with van der Waals surface area (Å²) in [5, 5.41) is 2.65. The Morgan fingerprint density at radius 3 is 2.62 bits per heavy atom. The number of fused-ring (bicyclic) bond motifs is 1. The highest BCUT2D eigenvalue weighted by atomic mass is 79.9. The molecule has 2 aromatic rings. The number of nitrogens with one attached hydrogen (secondary N) is 2. The van der Waals surface area contributed by atoms with E-state index in [1.807, 2.05) is 0 Å². The number of aromatic amines is 1. The Balaban J connectivity index is 1.58. The Labute approximate surface area is 203 Å². The average molecular weight is 541 g/mol. The molecule has 2 saturated heterocycles. The van der Waals surface area contributed by atoms with Gasteiger partial charge < -0.3 is 29.2 Å². The molecule has 12 nitrogen and oxygen atoms in total. The Hall–Kier alpha value is -2.61. The third-order valence-corrected chi connectivity index (χ3v) is 6.52. The van der Waals surface area contributed by atoms with Gasteiger partial charge in [0, 0.05) is 32.5 Å². The molecule has 5 atom stereocenters. The summed E-state index contributed by atoms with van der Waals surface area (Å²) >= 11 is 3.57. The average Bonchev–Trinajstić information content (AvgIpc) is 3.34. The minimum Gasteiger partial charge on any atom is -0.458 e. The number of hydrogen-bond acceptors (Lipinski definition) is 10. The van der Waals surface area contributed by atoms with Crippen LogP contribution in [-0.4, -0.2) is 68.0 Å². The number of cyclic esters (lactones) is 1.